The minimum absolute atomic E-state index is 0.0896. The smallest absolute Gasteiger partial charge is 0.321 e. The number of halogens is 1. The van der Waals surface area contributed by atoms with E-state index in [9.17, 15) is 9.59 Å². The Morgan fingerprint density at radius 1 is 1.22 bits per heavy atom. The Bertz CT molecular complexity index is 527. The lowest BCUT2D eigenvalue weighted by molar-refractivity contribution is -0.119. The van der Waals surface area contributed by atoms with E-state index in [1.807, 2.05) is 24.3 Å². The fraction of sp³-hybridized carbons (Fsp3) is 0.529. The average Bonchev–Trinajstić information content (AvgIpc) is 3.02. The van der Waals surface area contributed by atoms with Crippen molar-refractivity contribution < 1.29 is 9.59 Å². The zero-order valence-electron chi connectivity index (χ0n) is 13.4. The molecule has 23 heavy (non-hydrogen) atoms. The minimum atomic E-state index is -0.389. The monoisotopic (exact) mass is 381 g/mol. The molecule has 1 aromatic carbocycles. The second kappa shape index (κ2) is 9.03. The van der Waals surface area contributed by atoms with Gasteiger partial charge in [0.2, 0.25) is 5.91 Å². The summed E-state index contributed by atoms with van der Waals surface area (Å²) in [5.74, 6) is -0.309. The summed E-state index contributed by atoms with van der Waals surface area (Å²) in [5.41, 5.74) is 1.12. The number of hydrogen-bond donors (Lipinski definition) is 3. The van der Waals surface area contributed by atoms with Gasteiger partial charge in [-0.25, -0.2) is 4.79 Å². The molecule has 6 heteroatoms. The molecule has 1 atom stereocenters. The van der Waals surface area contributed by atoms with Crippen LogP contribution in [0.5, 0.6) is 0 Å². The fourth-order valence-corrected chi connectivity index (χ4v) is 3.14. The molecular formula is C17H24BrN3O2. The summed E-state index contributed by atoms with van der Waals surface area (Å²) in [4.78, 5) is 23.6. The van der Waals surface area contributed by atoms with Crippen molar-refractivity contribution in [2.24, 2.45) is 0 Å². The molecular weight excluding hydrogens is 358 g/mol. The Kier molecular flexibility index (Phi) is 7.05. The first-order chi connectivity index (χ1) is 11.1. The number of imide groups is 1. The van der Waals surface area contributed by atoms with Gasteiger partial charge < -0.3 is 10.6 Å². The summed E-state index contributed by atoms with van der Waals surface area (Å²) >= 11 is 3.41. The number of amides is 3. The molecule has 1 fully saturated rings. The van der Waals surface area contributed by atoms with Crippen LogP contribution >= 0.6 is 15.9 Å². The predicted octanol–water partition coefficient (Wildman–Crippen LogP) is 3.26. The van der Waals surface area contributed by atoms with Crippen molar-refractivity contribution >= 4 is 27.9 Å². The highest BCUT2D eigenvalue weighted by atomic mass is 79.9. The van der Waals surface area contributed by atoms with E-state index in [0.717, 1.165) is 42.1 Å². The first-order valence-electron chi connectivity index (χ1n) is 8.17. The van der Waals surface area contributed by atoms with Gasteiger partial charge in [-0.1, -0.05) is 47.8 Å². The van der Waals surface area contributed by atoms with E-state index in [4.69, 9.17) is 0 Å². The van der Waals surface area contributed by atoms with E-state index >= 15 is 0 Å². The van der Waals surface area contributed by atoms with Crippen LogP contribution in [0, 0.1) is 0 Å². The Morgan fingerprint density at radius 3 is 2.48 bits per heavy atom. The van der Waals surface area contributed by atoms with Crippen LogP contribution in [0.3, 0.4) is 0 Å². The van der Waals surface area contributed by atoms with Gasteiger partial charge in [0.1, 0.15) is 0 Å². The second-order valence-electron chi connectivity index (χ2n) is 5.90. The first kappa shape index (κ1) is 17.9. The van der Waals surface area contributed by atoms with Crippen molar-refractivity contribution in [3.63, 3.8) is 0 Å². The van der Waals surface area contributed by atoms with Gasteiger partial charge in [-0.15, -0.1) is 0 Å². The number of carbonyl (C=O) groups is 2. The van der Waals surface area contributed by atoms with Crippen LogP contribution in [0.1, 0.15) is 50.6 Å². The van der Waals surface area contributed by atoms with Gasteiger partial charge in [-0.2, -0.15) is 0 Å². The molecule has 5 nitrogen and oxygen atoms in total. The number of urea groups is 1. The lowest BCUT2D eigenvalue weighted by atomic mass is 10.0. The molecule has 0 heterocycles. The van der Waals surface area contributed by atoms with Gasteiger partial charge in [0.15, 0.2) is 0 Å². The largest absolute Gasteiger partial charge is 0.335 e. The number of carbonyl (C=O) groups excluding carboxylic acids is 2. The Hall–Kier alpha value is -1.40. The van der Waals surface area contributed by atoms with Gasteiger partial charge in [-0.05, 0) is 37.0 Å². The first-order valence-corrected chi connectivity index (χ1v) is 8.97. The van der Waals surface area contributed by atoms with Crippen molar-refractivity contribution in [2.45, 2.75) is 51.1 Å². The van der Waals surface area contributed by atoms with Crippen LogP contribution in [0.2, 0.25) is 0 Å². The molecule has 2 rings (SSSR count). The van der Waals surface area contributed by atoms with Crippen molar-refractivity contribution in [3.05, 3.63) is 34.3 Å². The molecule has 0 spiro atoms. The lowest BCUT2D eigenvalue weighted by Crippen LogP contribution is -2.46. The molecule has 1 aromatic rings. The summed E-state index contributed by atoms with van der Waals surface area (Å²) in [5, 5.41) is 8.43. The van der Waals surface area contributed by atoms with Crippen LogP contribution in [-0.2, 0) is 4.79 Å². The van der Waals surface area contributed by atoms with Gasteiger partial charge >= 0.3 is 6.03 Å². The topological polar surface area (TPSA) is 70.2 Å². The van der Waals surface area contributed by atoms with Crippen LogP contribution in [-0.4, -0.2) is 24.5 Å². The Balaban J connectivity index is 1.75. The highest BCUT2D eigenvalue weighted by Crippen LogP contribution is 2.19. The average molecular weight is 382 g/mol. The molecule has 0 aliphatic heterocycles. The summed E-state index contributed by atoms with van der Waals surface area (Å²) in [6, 6.07) is 7.92. The van der Waals surface area contributed by atoms with E-state index < -0.39 is 0 Å². The van der Waals surface area contributed by atoms with Crippen LogP contribution < -0.4 is 16.0 Å². The van der Waals surface area contributed by atoms with Crippen molar-refractivity contribution in [1.82, 2.24) is 16.0 Å². The normalized spacial score (nSPS) is 16.1. The third-order valence-electron chi connectivity index (χ3n) is 4.13. The number of hydrogen-bond acceptors (Lipinski definition) is 3. The van der Waals surface area contributed by atoms with Gasteiger partial charge in [0, 0.05) is 16.6 Å². The molecule has 0 radical (unpaired) electrons. The van der Waals surface area contributed by atoms with Gasteiger partial charge in [0.25, 0.3) is 0 Å². The molecule has 3 N–H and O–H groups in total. The number of benzene rings is 1. The Morgan fingerprint density at radius 2 is 1.87 bits per heavy atom. The molecule has 126 valence electrons. The summed E-state index contributed by atoms with van der Waals surface area (Å²) in [6.07, 6.45) is 5.16. The molecule has 3 amide bonds. The summed E-state index contributed by atoms with van der Waals surface area (Å²) in [7, 11) is 0. The van der Waals surface area contributed by atoms with E-state index in [1.54, 1.807) is 0 Å². The highest BCUT2D eigenvalue weighted by molar-refractivity contribution is 9.10. The molecule has 1 aliphatic carbocycles. The molecule has 0 bridgehead atoms. The van der Waals surface area contributed by atoms with Crippen LogP contribution in [0.25, 0.3) is 0 Å². The SMILES string of the molecule is CC[C@@H](NCC(=O)NC(=O)NC1CCCC1)c1ccc(Br)cc1. The molecule has 0 unspecified atom stereocenters. The maximum absolute atomic E-state index is 11.9. The quantitative estimate of drug-likeness (QED) is 0.707. The van der Waals surface area contributed by atoms with Crippen molar-refractivity contribution in [2.75, 3.05) is 6.54 Å². The third-order valence-corrected chi connectivity index (χ3v) is 4.66. The van der Waals surface area contributed by atoms with Crippen LogP contribution in [0.4, 0.5) is 4.79 Å². The molecule has 1 saturated carbocycles. The van der Waals surface area contributed by atoms with Gasteiger partial charge in [-0.3, -0.25) is 10.1 Å². The van der Waals surface area contributed by atoms with Crippen molar-refractivity contribution in [1.29, 1.82) is 0 Å². The van der Waals surface area contributed by atoms with Crippen LogP contribution in [0.15, 0.2) is 28.7 Å². The maximum Gasteiger partial charge on any atom is 0.321 e. The predicted molar refractivity (Wildman–Crippen MR) is 94.1 cm³/mol. The lowest BCUT2D eigenvalue weighted by Gasteiger charge is -2.18. The number of nitrogens with one attached hydrogen (secondary N) is 3. The second-order valence-corrected chi connectivity index (χ2v) is 6.81. The standard InChI is InChI=1S/C17H24BrN3O2/c1-2-15(12-7-9-13(18)10-8-12)19-11-16(22)21-17(23)20-14-5-3-4-6-14/h7-10,14-15,19H,2-6,11H2,1H3,(H2,20,21,22,23)/t15-/m1/s1. The summed E-state index contributed by atoms with van der Waals surface area (Å²) < 4.78 is 1.03. The summed E-state index contributed by atoms with van der Waals surface area (Å²) in [6.45, 7) is 2.18. The van der Waals surface area contributed by atoms with E-state index in [1.165, 1.54) is 0 Å². The number of rotatable bonds is 6. The molecule has 1 aliphatic rings. The molecule has 0 aromatic heterocycles. The van der Waals surface area contributed by atoms with E-state index in [0.29, 0.717) is 0 Å². The van der Waals surface area contributed by atoms with E-state index in [2.05, 4.69) is 38.8 Å². The minimum Gasteiger partial charge on any atom is -0.335 e. The third kappa shape index (κ3) is 5.95. The molecule has 0 saturated heterocycles. The van der Waals surface area contributed by atoms with E-state index in [-0.39, 0.29) is 30.6 Å². The zero-order chi connectivity index (χ0) is 16.7. The fourth-order valence-electron chi connectivity index (χ4n) is 2.87. The zero-order valence-corrected chi connectivity index (χ0v) is 15.0. The van der Waals surface area contributed by atoms with Gasteiger partial charge in [0.05, 0.1) is 6.54 Å². The maximum atomic E-state index is 11.9. The Labute approximate surface area is 145 Å². The highest BCUT2D eigenvalue weighted by Gasteiger charge is 2.18. The van der Waals surface area contributed by atoms with Crippen molar-refractivity contribution in [3.8, 4) is 0 Å².